The molecule has 1 saturated carbocycles. The summed E-state index contributed by atoms with van der Waals surface area (Å²) < 4.78 is 0. The molecule has 130 valence electrons. The molecule has 3 rings (SSSR count). The maximum absolute atomic E-state index is 12.3. The molecule has 24 heavy (non-hydrogen) atoms. The van der Waals surface area contributed by atoms with Crippen LogP contribution in [0.4, 0.5) is 0 Å². The van der Waals surface area contributed by atoms with Crippen molar-refractivity contribution in [2.24, 2.45) is 5.92 Å². The van der Waals surface area contributed by atoms with Gasteiger partial charge < -0.3 is 15.3 Å². The van der Waals surface area contributed by atoms with Crippen molar-refractivity contribution in [3.63, 3.8) is 0 Å². The Morgan fingerprint density at radius 1 is 1.17 bits per heavy atom. The Morgan fingerprint density at radius 3 is 2.50 bits per heavy atom. The molecule has 0 radical (unpaired) electrons. The van der Waals surface area contributed by atoms with E-state index >= 15 is 0 Å². The molecule has 1 aromatic rings. The third-order valence-corrected chi connectivity index (χ3v) is 5.21. The molecule has 0 bridgehead atoms. The van der Waals surface area contributed by atoms with Gasteiger partial charge in [-0.3, -0.25) is 9.59 Å². The van der Waals surface area contributed by atoms with Gasteiger partial charge in [-0.2, -0.15) is 0 Å². The van der Waals surface area contributed by atoms with Crippen molar-refractivity contribution in [2.45, 2.75) is 51.2 Å². The normalized spacial score (nSPS) is 21.5. The van der Waals surface area contributed by atoms with E-state index in [1.165, 1.54) is 12.8 Å². The topological polar surface area (TPSA) is 69.6 Å². The quantitative estimate of drug-likeness (QED) is 0.833. The van der Waals surface area contributed by atoms with Gasteiger partial charge in [-0.15, -0.1) is 0 Å². The van der Waals surface area contributed by atoms with Crippen LogP contribution in [0.2, 0.25) is 0 Å². The number of rotatable bonds is 6. The highest BCUT2D eigenvalue weighted by molar-refractivity contribution is 5.89. The molecular weight excluding hydrogens is 304 g/mol. The van der Waals surface area contributed by atoms with Crippen LogP contribution in [-0.2, 0) is 22.6 Å². The molecule has 1 saturated heterocycles. The van der Waals surface area contributed by atoms with Crippen molar-refractivity contribution in [1.82, 2.24) is 10.2 Å². The number of likely N-dealkylation sites (tertiary alicyclic amines) is 1. The van der Waals surface area contributed by atoms with Crippen LogP contribution in [0.1, 0.15) is 43.2 Å². The van der Waals surface area contributed by atoms with Crippen LogP contribution in [0.25, 0.3) is 0 Å². The summed E-state index contributed by atoms with van der Waals surface area (Å²) >= 11 is 0. The third-order valence-electron chi connectivity index (χ3n) is 5.21. The zero-order valence-corrected chi connectivity index (χ0v) is 14.0. The Kier molecular flexibility index (Phi) is 5.51. The number of nitrogens with zero attached hydrogens (tertiary/aromatic N) is 1. The number of amides is 2. The highest BCUT2D eigenvalue weighted by Gasteiger charge is 2.38. The standard InChI is InChI=1S/C19H26N2O3/c22-13-15-7-5-14(6-8-15)9-10-20-19(24)16-11-18(23)21(12-16)17-3-1-2-4-17/h5-8,16-17,22H,1-4,9-13H2,(H,20,24). The Hall–Kier alpha value is -1.88. The number of carbonyl (C=O) groups excluding carboxylic acids is 2. The van der Waals surface area contributed by atoms with E-state index in [0.29, 0.717) is 25.6 Å². The number of hydrogen-bond donors (Lipinski definition) is 2. The van der Waals surface area contributed by atoms with Gasteiger partial charge in [0.1, 0.15) is 0 Å². The Morgan fingerprint density at radius 2 is 1.83 bits per heavy atom. The summed E-state index contributed by atoms with van der Waals surface area (Å²) in [5, 5.41) is 12.0. The number of hydrogen-bond acceptors (Lipinski definition) is 3. The zero-order valence-electron chi connectivity index (χ0n) is 14.0. The predicted octanol–water partition coefficient (Wildman–Crippen LogP) is 1.63. The summed E-state index contributed by atoms with van der Waals surface area (Å²) in [5.41, 5.74) is 2.02. The van der Waals surface area contributed by atoms with Gasteiger partial charge in [0, 0.05) is 25.6 Å². The lowest BCUT2D eigenvalue weighted by Gasteiger charge is -2.23. The first kappa shape index (κ1) is 17.0. The van der Waals surface area contributed by atoms with Crippen LogP contribution in [0.3, 0.4) is 0 Å². The summed E-state index contributed by atoms with van der Waals surface area (Å²) in [5.74, 6) is -0.0627. The zero-order chi connectivity index (χ0) is 16.9. The van der Waals surface area contributed by atoms with Crippen LogP contribution >= 0.6 is 0 Å². The number of aliphatic hydroxyl groups is 1. The molecule has 2 amide bonds. The maximum Gasteiger partial charge on any atom is 0.225 e. The molecule has 1 aliphatic carbocycles. The Balaban J connectivity index is 1.44. The number of carbonyl (C=O) groups is 2. The average molecular weight is 330 g/mol. The molecular formula is C19H26N2O3. The first-order valence-electron chi connectivity index (χ1n) is 8.93. The largest absolute Gasteiger partial charge is 0.392 e. The molecule has 1 heterocycles. The summed E-state index contributed by atoms with van der Waals surface area (Å²) in [6, 6.07) is 8.09. The van der Waals surface area contributed by atoms with E-state index in [9.17, 15) is 9.59 Å². The van der Waals surface area contributed by atoms with E-state index in [4.69, 9.17) is 5.11 Å². The monoisotopic (exact) mass is 330 g/mol. The van der Waals surface area contributed by atoms with E-state index in [1.807, 2.05) is 29.2 Å². The molecule has 1 atom stereocenters. The Bertz CT molecular complexity index is 579. The summed E-state index contributed by atoms with van der Waals surface area (Å²) in [7, 11) is 0. The summed E-state index contributed by atoms with van der Waals surface area (Å²) in [6.45, 7) is 1.20. The van der Waals surface area contributed by atoms with Gasteiger partial charge in [0.25, 0.3) is 0 Å². The van der Waals surface area contributed by atoms with Gasteiger partial charge in [0.2, 0.25) is 11.8 Å². The second-order valence-electron chi connectivity index (χ2n) is 6.90. The van der Waals surface area contributed by atoms with E-state index in [1.54, 1.807) is 0 Å². The van der Waals surface area contributed by atoms with Crippen LogP contribution in [-0.4, -0.2) is 41.0 Å². The van der Waals surface area contributed by atoms with Gasteiger partial charge in [0.15, 0.2) is 0 Å². The molecule has 1 aromatic carbocycles. The van der Waals surface area contributed by atoms with E-state index < -0.39 is 0 Å². The maximum atomic E-state index is 12.3. The molecule has 0 aromatic heterocycles. The van der Waals surface area contributed by atoms with Crippen LogP contribution in [0.5, 0.6) is 0 Å². The van der Waals surface area contributed by atoms with Crippen molar-refractivity contribution in [2.75, 3.05) is 13.1 Å². The lowest BCUT2D eigenvalue weighted by molar-refractivity contribution is -0.130. The van der Waals surface area contributed by atoms with Gasteiger partial charge in [0.05, 0.1) is 12.5 Å². The van der Waals surface area contributed by atoms with E-state index in [-0.39, 0.29) is 24.3 Å². The SMILES string of the molecule is O=C(NCCc1ccc(CO)cc1)C1CC(=O)N(C2CCCC2)C1. The fourth-order valence-electron chi connectivity index (χ4n) is 3.76. The van der Waals surface area contributed by atoms with Gasteiger partial charge in [-0.05, 0) is 30.4 Å². The highest BCUT2D eigenvalue weighted by Crippen LogP contribution is 2.29. The second-order valence-corrected chi connectivity index (χ2v) is 6.90. The van der Waals surface area contributed by atoms with E-state index in [2.05, 4.69) is 5.32 Å². The average Bonchev–Trinajstić information content (AvgIpc) is 3.24. The van der Waals surface area contributed by atoms with Crippen LogP contribution in [0, 0.1) is 5.92 Å². The minimum absolute atomic E-state index is 0.00387. The lowest BCUT2D eigenvalue weighted by atomic mass is 10.1. The van der Waals surface area contributed by atoms with Gasteiger partial charge >= 0.3 is 0 Å². The summed E-state index contributed by atoms with van der Waals surface area (Å²) in [4.78, 5) is 26.4. The second kappa shape index (κ2) is 7.79. The predicted molar refractivity (Wildman–Crippen MR) is 91.2 cm³/mol. The van der Waals surface area contributed by atoms with E-state index in [0.717, 1.165) is 30.4 Å². The van der Waals surface area contributed by atoms with Gasteiger partial charge in [-0.1, -0.05) is 37.1 Å². The van der Waals surface area contributed by atoms with Crippen LogP contribution < -0.4 is 5.32 Å². The summed E-state index contributed by atoms with van der Waals surface area (Å²) in [6.07, 6.45) is 5.67. The fraction of sp³-hybridized carbons (Fsp3) is 0.579. The van der Waals surface area contributed by atoms with Crippen molar-refractivity contribution in [3.8, 4) is 0 Å². The third kappa shape index (κ3) is 3.96. The molecule has 2 N–H and O–H groups in total. The van der Waals surface area contributed by atoms with Gasteiger partial charge in [-0.25, -0.2) is 0 Å². The van der Waals surface area contributed by atoms with Crippen molar-refractivity contribution < 1.29 is 14.7 Å². The smallest absolute Gasteiger partial charge is 0.225 e. The van der Waals surface area contributed by atoms with Crippen molar-refractivity contribution in [3.05, 3.63) is 35.4 Å². The first-order chi connectivity index (χ1) is 11.7. The fourth-order valence-corrected chi connectivity index (χ4v) is 3.76. The first-order valence-corrected chi connectivity index (χ1v) is 8.93. The molecule has 0 spiro atoms. The lowest BCUT2D eigenvalue weighted by Crippen LogP contribution is -2.37. The molecule has 5 nitrogen and oxygen atoms in total. The molecule has 1 aliphatic heterocycles. The minimum atomic E-state index is -0.199. The highest BCUT2D eigenvalue weighted by atomic mass is 16.3. The number of benzene rings is 1. The Labute approximate surface area is 143 Å². The molecule has 2 aliphatic rings. The molecule has 2 fully saturated rings. The van der Waals surface area contributed by atoms with Crippen molar-refractivity contribution >= 4 is 11.8 Å². The van der Waals surface area contributed by atoms with Crippen molar-refractivity contribution in [1.29, 1.82) is 0 Å². The molecule has 1 unspecified atom stereocenters. The molecule has 5 heteroatoms. The van der Waals surface area contributed by atoms with Crippen LogP contribution in [0.15, 0.2) is 24.3 Å². The number of aliphatic hydroxyl groups excluding tert-OH is 1. The minimum Gasteiger partial charge on any atom is -0.392 e. The number of nitrogens with one attached hydrogen (secondary N) is 1.